The second kappa shape index (κ2) is 17.5. The van der Waals surface area contributed by atoms with Gasteiger partial charge in [-0.05, 0) is 35.7 Å². The van der Waals surface area contributed by atoms with Crippen molar-refractivity contribution in [2.45, 2.75) is 81.9 Å². The Morgan fingerprint density at radius 1 is 0.600 bits per heavy atom. The SMILES string of the molecule is COc1ccc(C)cc1[C@H]1O[C@H](COCc2ccccc2)[C@@H](O[C@H]2O[C@H](COCc3ccccc3)[C@@H](O)[C@H](O)[C@H]2OCc2ccccc2)[C@H]1O. The summed E-state index contributed by atoms with van der Waals surface area (Å²) in [7, 11) is 1.57. The minimum Gasteiger partial charge on any atom is -0.496 e. The zero-order valence-electron chi connectivity index (χ0n) is 28.3. The van der Waals surface area contributed by atoms with E-state index < -0.39 is 55.1 Å². The summed E-state index contributed by atoms with van der Waals surface area (Å²) >= 11 is 0. The lowest BCUT2D eigenvalue weighted by Crippen LogP contribution is -2.61. The van der Waals surface area contributed by atoms with E-state index in [0.29, 0.717) is 24.5 Å². The molecular formula is C40H46O10. The Bertz CT molecular complexity index is 1590. The first kappa shape index (κ1) is 36.1. The second-order valence-electron chi connectivity index (χ2n) is 12.7. The monoisotopic (exact) mass is 686 g/mol. The van der Waals surface area contributed by atoms with E-state index in [9.17, 15) is 15.3 Å². The van der Waals surface area contributed by atoms with Crippen molar-refractivity contribution in [3.8, 4) is 5.75 Å². The van der Waals surface area contributed by atoms with Crippen LogP contribution in [0.3, 0.4) is 0 Å². The molecule has 0 aliphatic carbocycles. The summed E-state index contributed by atoms with van der Waals surface area (Å²) < 4.78 is 43.2. The topological polar surface area (TPSA) is 125 Å². The number of benzene rings is 4. The summed E-state index contributed by atoms with van der Waals surface area (Å²) in [6.45, 7) is 2.78. The zero-order chi connectivity index (χ0) is 34.9. The van der Waals surface area contributed by atoms with Gasteiger partial charge in [-0.15, -0.1) is 0 Å². The highest BCUT2D eigenvalue weighted by Crippen LogP contribution is 2.41. The molecule has 0 spiro atoms. The fourth-order valence-corrected chi connectivity index (χ4v) is 6.36. The number of methoxy groups -OCH3 is 1. The molecule has 0 amide bonds. The van der Waals surface area contributed by atoms with Crippen LogP contribution in [0.4, 0.5) is 0 Å². The van der Waals surface area contributed by atoms with E-state index in [1.165, 1.54) is 0 Å². The Balaban J connectivity index is 1.24. The molecule has 10 heteroatoms. The molecule has 2 aliphatic heterocycles. The normalized spacial score (nSPS) is 28.1. The number of aliphatic hydroxyl groups excluding tert-OH is 3. The van der Waals surface area contributed by atoms with E-state index in [2.05, 4.69) is 0 Å². The van der Waals surface area contributed by atoms with Gasteiger partial charge in [0, 0.05) is 5.56 Å². The molecule has 50 heavy (non-hydrogen) atoms. The molecule has 0 aromatic heterocycles. The van der Waals surface area contributed by atoms with E-state index >= 15 is 0 Å². The highest BCUT2D eigenvalue weighted by molar-refractivity contribution is 5.40. The summed E-state index contributed by atoms with van der Waals surface area (Å²) in [5.41, 5.74) is 4.45. The Hall–Kier alpha value is -3.68. The average molecular weight is 687 g/mol. The first-order valence-corrected chi connectivity index (χ1v) is 16.9. The van der Waals surface area contributed by atoms with Crippen molar-refractivity contribution in [1.29, 1.82) is 0 Å². The maximum absolute atomic E-state index is 11.9. The van der Waals surface area contributed by atoms with Crippen molar-refractivity contribution >= 4 is 0 Å². The van der Waals surface area contributed by atoms with Gasteiger partial charge in [-0.2, -0.15) is 0 Å². The summed E-state index contributed by atoms with van der Waals surface area (Å²) in [5.74, 6) is 0.566. The van der Waals surface area contributed by atoms with E-state index in [1.54, 1.807) is 7.11 Å². The Kier molecular flexibility index (Phi) is 12.6. The Morgan fingerprint density at radius 3 is 1.74 bits per heavy atom. The van der Waals surface area contributed by atoms with Gasteiger partial charge in [-0.25, -0.2) is 0 Å². The fourth-order valence-electron chi connectivity index (χ4n) is 6.36. The Labute approximate surface area is 293 Å². The van der Waals surface area contributed by atoms with Crippen molar-refractivity contribution in [1.82, 2.24) is 0 Å². The molecule has 4 aromatic rings. The van der Waals surface area contributed by atoms with Crippen LogP contribution in [-0.4, -0.2) is 84.7 Å². The summed E-state index contributed by atoms with van der Waals surface area (Å²) in [4.78, 5) is 0. The van der Waals surface area contributed by atoms with Crippen LogP contribution >= 0.6 is 0 Å². The molecule has 9 atom stereocenters. The molecule has 2 fully saturated rings. The van der Waals surface area contributed by atoms with E-state index in [0.717, 1.165) is 22.3 Å². The molecule has 2 aliphatic rings. The van der Waals surface area contributed by atoms with Crippen LogP contribution in [0.1, 0.15) is 33.9 Å². The zero-order valence-corrected chi connectivity index (χ0v) is 28.3. The molecule has 0 unspecified atom stereocenters. The lowest BCUT2D eigenvalue weighted by molar-refractivity contribution is -0.329. The highest BCUT2D eigenvalue weighted by atomic mass is 16.7. The molecular weight excluding hydrogens is 640 g/mol. The van der Waals surface area contributed by atoms with Gasteiger partial charge in [0.2, 0.25) is 0 Å². The Morgan fingerprint density at radius 2 is 1.16 bits per heavy atom. The molecule has 4 aromatic carbocycles. The quantitative estimate of drug-likeness (QED) is 0.163. The molecule has 0 radical (unpaired) electrons. The average Bonchev–Trinajstić information content (AvgIpc) is 3.45. The molecule has 0 saturated carbocycles. The number of hydrogen-bond acceptors (Lipinski definition) is 10. The summed E-state index contributed by atoms with van der Waals surface area (Å²) in [5, 5.41) is 34.5. The maximum atomic E-state index is 11.9. The molecule has 10 nitrogen and oxygen atoms in total. The number of aliphatic hydroxyl groups is 3. The third-order valence-electron chi connectivity index (χ3n) is 9.03. The van der Waals surface area contributed by atoms with Gasteiger partial charge in [0.25, 0.3) is 0 Å². The predicted molar refractivity (Wildman–Crippen MR) is 184 cm³/mol. The summed E-state index contributed by atoms with van der Waals surface area (Å²) in [6, 6.07) is 34.6. The van der Waals surface area contributed by atoms with Crippen molar-refractivity contribution in [2.24, 2.45) is 0 Å². The number of aryl methyl sites for hydroxylation is 1. The molecule has 266 valence electrons. The molecule has 2 saturated heterocycles. The van der Waals surface area contributed by atoms with Crippen LogP contribution in [0, 0.1) is 6.92 Å². The lowest BCUT2D eigenvalue weighted by atomic mass is 9.97. The van der Waals surface area contributed by atoms with Gasteiger partial charge in [0.1, 0.15) is 54.6 Å². The highest BCUT2D eigenvalue weighted by Gasteiger charge is 2.52. The van der Waals surface area contributed by atoms with Gasteiger partial charge in [-0.3, -0.25) is 0 Å². The van der Waals surface area contributed by atoms with E-state index in [1.807, 2.05) is 116 Å². The maximum Gasteiger partial charge on any atom is 0.187 e. The fraction of sp³-hybridized carbons (Fsp3) is 0.400. The van der Waals surface area contributed by atoms with Crippen molar-refractivity contribution in [2.75, 3.05) is 20.3 Å². The second-order valence-corrected chi connectivity index (χ2v) is 12.7. The number of rotatable bonds is 15. The third-order valence-corrected chi connectivity index (χ3v) is 9.03. The minimum absolute atomic E-state index is 0.0190. The van der Waals surface area contributed by atoms with Crippen molar-refractivity contribution in [3.05, 3.63) is 137 Å². The lowest BCUT2D eigenvalue weighted by Gasteiger charge is -2.43. The van der Waals surface area contributed by atoms with Crippen LogP contribution in [0.15, 0.2) is 109 Å². The van der Waals surface area contributed by atoms with Crippen LogP contribution in [-0.2, 0) is 48.2 Å². The molecule has 3 N–H and O–H groups in total. The standard InChI is InChI=1S/C40H46O10/c1-26-18-19-31(44-2)30(20-26)37-36(43)38(33(48-37)25-46-22-28-14-8-4-9-15-28)50-40-39(47-23-29-16-10-5-11-17-29)35(42)34(41)32(49-40)24-45-21-27-12-6-3-7-13-27/h3-20,32-43H,21-25H2,1-2H3/t32-,33-,34-,35+,36+,37-,38-,39-,40-/m1/s1. The number of ether oxygens (including phenoxy) is 7. The first-order valence-electron chi connectivity index (χ1n) is 16.9. The first-order chi connectivity index (χ1) is 24.4. The van der Waals surface area contributed by atoms with Crippen LogP contribution in [0.25, 0.3) is 0 Å². The van der Waals surface area contributed by atoms with Gasteiger partial charge in [0.05, 0.1) is 40.1 Å². The van der Waals surface area contributed by atoms with Gasteiger partial charge >= 0.3 is 0 Å². The van der Waals surface area contributed by atoms with E-state index in [4.69, 9.17) is 33.2 Å². The van der Waals surface area contributed by atoms with Crippen LogP contribution in [0.2, 0.25) is 0 Å². The van der Waals surface area contributed by atoms with E-state index in [-0.39, 0.29) is 19.8 Å². The smallest absolute Gasteiger partial charge is 0.187 e. The molecule has 0 bridgehead atoms. The van der Waals surface area contributed by atoms with Crippen molar-refractivity contribution in [3.63, 3.8) is 0 Å². The van der Waals surface area contributed by atoms with Gasteiger partial charge in [-0.1, -0.05) is 103 Å². The largest absolute Gasteiger partial charge is 0.496 e. The molecule has 2 heterocycles. The number of hydrogen-bond donors (Lipinski definition) is 3. The summed E-state index contributed by atoms with van der Waals surface area (Å²) in [6.07, 6.45) is -9.68. The molecule has 6 rings (SSSR count). The van der Waals surface area contributed by atoms with Gasteiger partial charge in [0.15, 0.2) is 6.29 Å². The minimum atomic E-state index is -1.39. The predicted octanol–water partition coefficient (Wildman–Crippen LogP) is 4.66. The van der Waals surface area contributed by atoms with Crippen LogP contribution < -0.4 is 4.74 Å². The van der Waals surface area contributed by atoms with Crippen molar-refractivity contribution < 1.29 is 48.5 Å². The van der Waals surface area contributed by atoms with Gasteiger partial charge < -0.3 is 48.5 Å². The van der Waals surface area contributed by atoms with Crippen LogP contribution in [0.5, 0.6) is 5.75 Å². The third kappa shape index (κ3) is 8.96.